The number of pyridine rings is 1. The number of carbonyl (C=O) groups is 1. The van der Waals surface area contributed by atoms with Crippen molar-refractivity contribution in [1.82, 2.24) is 4.98 Å². The number of aromatic nitrogens is 1. The molecule has 0 bridgehead atoms. The minimum absolute atomic E-state index is 0.0797. The second-order valence-electron chi connectivity index (χ2n) is 5.00. The molecular formula is C14H19BrN2O. The van der Waals surface area contributed by atoms with E-state index in [2.05, 4.69) is 26.2 Å². The van der Waals surface area contributed by atoms with Crippen LogP contribution in [0.15, 0.2) is 16.6 Å². The van der Waals surface area contributed by atoms with Crippen molar-refractivity contribution in [1.29, 1.82) is 0 Å². The van der Waals surface area contributed by atoms with Gasteiger partial charge in [-0.05, 0) is 47.3 Å². The molecule has 0 aromatic carbocycles. The van der Waals surface area contributed by atoms with E-state index >= 15 is 0 Å². The van der Waals surface area contributed by atoms with Crippen LogP contribution in [0.1, 0.15) is 44.2 Å². The Morgan fingerprint density at radius 3 is 2.83 bits per heavy atom. The van der Waals surface area contributed by atoms with Gasteiger partial charge in [0.05, 0.1) is 5.69 Å². The van der Waals surface area contributed by atoms with Crippen LogP contribution in [0.5, 0.6) is 0 Å². The summed E-state index contributed by atoms with van der Waals surface area (Å²) in [6.45, 7) is 1.91. The lowest BCUT2D eigenvalue weighted by Gasteiger charge is -2.09. The molecule has 18 heavy (non-hydrogen) atoms. The largest absolute Gasteiger partial charge is 0.311 e. The molecule has 98 valence electrons. The Kier molecular flexibility index (Phi) is 4.75. The molecule has 0 atom stereocenters. The Morgan fingerprint density at radius 1 is 1.44 bits per heavy atom. The number of hydrogen-bond donors (Lipinski definition) is 1. The highest BCUT2D eigenvalue weighted by Crippen LogP contribution is 2.28. The summed E-state index contributed by atoms with van der Waals surface area (Å²) in [6.07, 6.45) is 6.88. The van der Waals surface area contributed by atoms with Crippen LogP contribution in [-0.2, 0) is 4.79 Å². The van der Waals surface area contributed by atoms with Crippen molar-refractivity contribution in [3.05, 3.63) is 22.3 Å². The Morgan fingerprint density at radius 2 is 2.17 bits per heavy atom. The maximum atomic E-state index is 11.8. The molecule has 1 amide bonds. The van der Waals surface area contributed by atoms with Gasteiger partial charge in [0.15, 0.2) is 0 Å². The predicted molar refractivity (Wildman–Crippen MR) is 76.5 cm³/mol. The molecule has 0 radical (unpaired) electrons. The summed E-state index contributed by atoms with van der Waals surface area (Å²) in [5, 5.41) is 2.86. The second kappa shape index (κ2) is 6.32. The Bertz CT molecular complexity index is 428. The summed E-state index contributed by atoms with van der Waals surface area (Å²) >= 11 is 3.40. The van der Waals surface area contributed by atoms with E-state index in [4.69, 9.17) is 0 Å². The molecular weight excluding hydrogens is 292 g/mol. The molecule has 1 aliphatic rings. The fourth-order valence-electron chi connectivity index (χ4n) is 2.45. The van der Waals surface area contributed by atoms with Crippen molar-refractivity contribution in [2.24, 2.45) is 5.92 Å². The van der Waals surface area contributed by atoms with Gasteiger partial charge in [-0.1, -0.05) is 25.7 Å². The first kappa shape index (κ1) is 13.5. The van der Waals surface area contributed by atoms with Crippen LogP contribution >= 0.6 is 15.9 Å². The van der Waals surface area contributed by atoms with Crippen LogP contribution in [0.25, 0.3) is 0 Å². The van der Waals surface area contributed by atoms with Gasteiger partial charge in [-0.15, -0.1) is 0 Å². The number of carbonyl (C=O) groups excluding carboxylic acids is 1. The molecule has 1 aromatic rings. The molecule has 1 aliphatic carbocycles. The van der Waals surface area contributed by atoms with Gasteiger partial charge in [-0.2, -0.15) is 0 Å². The highest BCUT2D eigenvalue weighted by atomic mass is 79.9. The quantitative estimate of drug-likeness (QED) is 0.911. The topological polar surface area (TPSA) is 42.0 Å². The fourth-order valence-corrected chi connectivity index (χ4v) is 2.67. The third kappa shape index (κ3) is 3.80. The van der Waals surface area contributed by atoms with Gasteiger partial charge in [0.25, 0.3) is 0 Å². The van der Waals surface area contributed by atoms with Gasteiger partial charge >= 0.3 is 0 Å². The summed E-state index contributed by atoms with van der Waals surface area (Å²) in [4.78, 5) is 16.1. The lowest BCUT2D eigenvalue weighted by atomic mass is 10.0. The highest BCUT2D eigenvalue weighted by Gasteiger charge is 2.16. The van der Waals surface area contributed by atoms with E-state index in [1.807, 2.05) is 19.1 Å². The molecule has 0 spiro atoms. The molecule has 1 N–H and O–H groups in total. The molecule has 0 saturated heterocycles. The lowest BCUT2D eigenvalue weighted by molar-refractivity contribution is -0.116. The number of rotatable bonds is 4. The first-order chi connectivity index (χ1) is 8.65. The first-order valence-electron chi connectivity index (χ1n) is 6.58. The van der Waals surface area contributed by atoms with Gasteiger partial charge < -0.3 is 5.32 Å². The van der Waals surface area contributed by atoms with E-state index in [-0.39, 0.29) is 5.91 Å². The Balaban J connectivity index is 1.80. The van der Waals surface area contributed by atoms with E-state index in [0.29, 0.717) is 12.2 Å². The van der Waals surface area contributed by atoms with Crippen LogP contribution in [0, 0.1) is 12.8 Å². The van der Waals surface area contributed by atoms with Crippen molar-refractivity contribution < 1.29 is 4.79 Å². The summed E-state index contributed by atoms with van der Waals surface area (Å²) in [7, 11) is 0. The summed E-state index contributed by atoms with van der Waals surface area (Å²) in [6, 6.07) is 3.74. The Labute approximate surface area is 117 Å². The second-order valence-corrected chi connectivity index (χ2v) is 5.86. The molecule has 1 saturated carbocycles. The zero-order valence-corrected chi connectivity index (χ0v) is 12.3. The lowest BCUT2D eigenvalue weighted by Crippen LogP contribution is -2.14. The molecule has 3 nitrogen and oxygen atoms in total. The Hall–Kier alpha value is -0.900. The standard InChI is InChI=1S/C14H19BrN2O/c1-10-12(15)7-8-13(16-10)17-14(18)9-6-11-4-2-3-5-11/h7-8,11H,2-6,9H2,1H3,(H,16,17,18). The molecule has 2 rings (SSSR count). The predicted octanol–water partition coefficient (Wildman–Crippen LogP) is 4.06. The zero-order chi connectivity index (χ0) is 13.0. The van der Waals surface area contributed by atoms with Crippen molar-refractivity contribution in [3.8, 4) is 0 Å². The number of nitrogens with one attached hydrogen (secondary N) is 1. The van der Waals surface area contributed by atoms with E-state index < -0.39 is 0 Å². The summed E-state index contributed by atoms with van der Waals surface area (Å²) in [5.74, 6) is 1.48. The van der Waals surface area contributed by atoms with Gasteiger partial charge in [0.2, 0.25) is 5.91 Å². The number of halogens is 1. The van der Waals surface area contributed by atoms with Crippen molar-refractivity contribution in [2.75, 3.05) is 5.32 Å². The van der Waals surface area contributed by atoms with Gasteiger partial charge in [0, 0.05) is 10.9 Å². The van der Waals surface area contributed by atoms with Gasteiger partial charge in [-0.25, -0.2) is 4.98 Å². The van der Waals surface area contributed by atoms with Crippen LogP contribution < -0.4 is 5.32 Å². The molecule has 1 aromatic heterocycles. The highest BCUT2D eigenvalue weighted by molar-refractivity contribution is 9.10. The van der Waals surface area contributed by atoms with E-state index in [1.165, 1.54) is 25.7 Å². The zero-order valence-electron chi connectivity index (χ0n) is 10.7. The summed E-state index contributed by atoms with van der Waals surface area (Å²) in [5.41, 5.74) is 0.892. The smallest absolute Gasteiger partial charge is 0.225 e. The number of nitrogens with zero attached hydrogens (tertiary/aromatic N) is 1. The van der Waals surface area contributed by atoms with Gasteiger partial charge in [0.1, 0.15) is 5.82 Å². The minimum Gasteiger partial charge on any atom is -0.311 e. The third-order valence-corrected chi connectivity index (χ3v) is 4.38. The maximum absolute atomic E-state index is 11.8. The van der Waals surface area contributed by atoms with E-state index in [0.717, 1.165) is 22.5 Å². The number of hydrogen-bond acceptors (Lipinski definition) is 2. The molecule has 0 unspecified atom stereocenters. The average Bonchev–Trinajstić information content (AvgIpc) is 2.84. The van der Waals surface area contributed by atoms with Crippen molar-refractivity contribution in [3.63, 3.8) is 0 Å². The van der Waals surface area contributed by atoms with Crippen LogP contribution in [0.4, 0.5) is 5.82 Å². The van der Waals surface area contributed by atoms with Crippen molar-refractivity contribution >= 4 is 27.7 Å². The number of amides is 1. The van der Waals surface area contributed by atoms with E-state index in [9.17, 15) is 4.79 Å². The number of aryl methyl sites for hydroxylation is 1. The summed E-state index contributed by atoms with van der Waals surface area (Å²) < 4.78 is 0.964. The SMILES string of the molecule is Cc1nc(NC(=O)CCC2CCCC2)ccc1Br. The van der Waals surface area contributed by atoms with Gasteiger partial charge in [-0.3, -0.25) is 4.79 Å². The van der Waals surface area contributed by atoms with Crippen LogP contribution in [-0.4, -0.2) is 10.9 Å². The first-order valence-corrected chi connectivity index (χ1v) is 7.37. The normalized spacial score (nSPS) is 15.9. The average molecular weight is 311 g/mol. The molecule has 1 fully saturated rings. The monoisotopic (exact) mass is 310 g/mol. The van der Waals surface area contributed by atoms with E-state index in [1.54, 1.807) is 0 Å². The fraction of sp³-hybridized carbons (Fsp3) is 0.571. The molecule has 4 heteroatoms. The van der Waals surface area contributed by atoms with Crippen molar-refractivity contribution in [2.45, 2.75) is 45.4 Å². The third-order valence-electron chi connectivity index (χ3n) is 3.54. The van der Waals surface area contributed by atoms with Crippen LogP contribution in [0.2, 0.25) is 0 Å². The minimum atomic E-state index is 0.0797. The maximum Gasteiger partial charge on any atom is 0.225 e. The van der Waals surface area contributed by atoms with Crippen LogP contribution in [0.3, 0.4) is 0 Å². The number of anilines is 1. The molecule has 1 heterocycles. The molecule has 0 aliphatic heterocycles.